The van der Waals surface area contributed by atoms with Crippen LogP contribution in [0.2, 0.25) is 0 Å². The van der Waals surface area contributed by atoms with E-state index in [0.29, 0.717) is 12.0 Å². The van der Waals surface area contributed by atoms with Crippen molar-refractivity contribution in [1.29, 1.82) is 0 Å². The molecule has 0 N–H and O–H groups in total. The topological polar surface area (TPSA) is 78.9 Å². The highest BCUT2D eigenvalue weighted by Crippen LogP contribution is 2.55. The van der Waals surface area contributed by atoms with Crippen molar-refractivity contribution in [2.75, 3.05) is 13.2 Å². The molecule has 8 heteroatoms. The molecular weight excluding hydrogens is 379 g/mol. The van der Waals surface area contributed by atoms with Gasteiger partial charge in [-0.2, -0.15) is 0 Å². The maximum absolute atomic E-state index is 12.7. The van der Waals surface area contributed by atoms with Crippen LogP contribution in [0.15, 0.2) is 30.3 Å². The Bertz CT molecular complexity index is 611. The van der Waals surface area contributed by atoms with Gasteiger partial charge in [0.2, 0.25) is 0 Å². The van der Waals surface area contributed by atoms with Gasteiger partial charge in [0, 0.05) is 12.8 Å². The van der Waals surface area contributed by atoms with Gasteiger partial charge in [-0.1, -0.05) is 37.3 Å². The van der Waals surface area contributed by atoms with E-state index in [4.69, 9.17) is 25.4 Å². The number of halogens is 1. The average Bonchev–Trinajstić information content (AvgIpc) is 2.61. The highest BCUT2D eigenvalue weighted by atomic mass is 35.5. The van der Waals surface area contributed by atoms with Gasteiger partial charge in [0.15, 0.2) is 10.9 Å². The second kappa shape index (κ2) is 11.5. The van der Waals surface area contributed by atoms with Crippen molar-refractivity contribution >= 4 is 30.9 Å². The van der Waals surface area contributed by atoms with Crippen LogP contribution in [-0.4, -0.2) is 30.1 Å². The SMILES string of the molecule is CCCC(=O)OC(CC(=O)C(Cl)P(=O)(OCC)OCC)c1ccccc1. The summed E-state index contributed by atoms with van der Waals surface area (Å²) in [5.74, 6) is -0.965. The number of carbonyl (C=O) groups is 2. The summed E-state index contributed by atoms with van der Waals surface area (Å²) in [7, 11) is -3.79. The first-order valence-electron chi connectivity index (χ1n) is 8.67. The summed E-state index contributed by atoms with van der Waals surface area (Å²) in [5, 5.41) is -1.46. The number of carbonyl (C=O) groups excluding carboxylic acids is 2. The van der Waals surface area contributed by atoms with Gasteiger partial charge in [-0.3, -0.25) is 14.2 Å². The van der Waals surface area contributed by atoms with Crippen LogP contribution in [0.1, 0.15) is 51.7 Å². The number of ether oxygens (including phenoxy) is 1. The molecule has 0 radical (unpaired) electrons. The van der Waals surface area contributed by atoms with E-state index in [1.165, 1.54) is 0 Å². The third-order valence-corrected chi connectivity index (χ3v) is 6.49. The predicted molar refractivity (Wildman–Crippen MR) is 100 cm³/mol. The standard InChI is InChI=1S/C18H26ClO6P/c1-4-10-17(21)25-16(14-11-8-7-9-12-14)13-15(20)18(19)26(22,23-5-2)24-6-3/h7-9,11-12,16,18H,4-6,10,13H2,1-3H3. The Hall–Kier alpha value is -1.20. The van der Waals surface area contributed by atoms with Gasteiger partial charge in [0.25, 0.3) is 0 Å². The summed E-state index contributed by atoms with van der Waals surface area (Å²) in [5.41, 5.74) is 0.664. The van der Waals surface area contributed by atoms with Crippen molar-refractivity contribution in [3.8, 4) is 0 Å². The lowest BCUT2D eigenvalue weighted by Gasteiger charge is -2.23. The lowest BCUT2D eigenvalue weighted by Crippen LogP contribution is -2.22. The van der Waals surface area contributed by atoms with Gasteiger partial charge in [-0.25, -0.2) is 0 Å². The number of Topliss-reactive ketones (excluding diaryl/α,β-unsaturated/α-hetero) is 1. The number of hydrogen-bond acceptors (Lipinski definition) is 6. The van der Waals surface area contributed by atoms with E-state index in [-0.39, 0.29) is 26.1 Å². The van der Waals surface area contributed by atoms with Crippen LogP contribution in [-0.2, 0) is 27.9 Å². The normalized spacial score (nSPS) is 13.8. The van der Waals surface area contributed by atoms with E-state index in [1.54, 1.807) is 38.1 Å². The zero-order valence-corrected chi connectivity index (χ0v) is 17.0. The molecule has 0 saturated carbocycles. The number of esters is 1. The van der Waals surface area contributed by atoms with Crippen LogP contribution >= 0.6 is 19.2 Å². The molecule has 0 bridgehead atoms. The molecule has 0 aromatic heterocycles. The lowest BCUT2D eigenvalue weighted by atomic mass is 10.0. The number of benzene rings is 1. The number of rotatable bonds is 12. The Balaban J connectivity index is 2.96. The van der Waals surface area contributed by atoms with Crippen LogP contribution in [0.3, 0.4) is 0 Å². The second-order valence-corrected chi connectivity index (χ2v) is 8.37. The molecule has 0 aliphatic heterocycles. The average molecular weight is 405 g/mol. The second-order valence-electron chi connectivity index (χ2n) is 5.52. The van der Waals surface area contributed by atoms with Gasteiger partial charge in [0.1, 0.15) is 6.10 Å². The molecule has 0 aliphatic rings. The molecule has 1 aromatic rings. The number of ketones is 1. The summed E-state index contributed by atoms with van der Waals surface area (Å²) in [6.07, 6.45) is -0.132. The molecule has 0 saturated heterocycles. The quantitative estimate of drug-likeness (QED) is 0.281. The minimum atomic E-state index is -3.79. The summed E-state index contributed by atoms with van der Waals surface area (Å²) in [4.78, 5) is 24.5. The molecule has 0 aliphatic carbocycles. The van der Waals surface area contributed by atoms with E-state index >= 15 is 0 Å². The number of alkyl halides is 1. The molecule has 0 heterocycles. The third kappa shape index (κ3) is 6.84. The van der Waals surface area contributed by atoms with Gasteiger partial charge < -0.3 is 13.8 Å². The smallest absolute Gasteiger partial charge is 0.355 e. The van der Waals surface area contributed by atoms with Crippen molar-refractivity contribution < 1.29 is 27.9 Å². The van der Waals surface area contributed by atoms with Crippen LogP contribution < -0.4 is 0 Å². The molecule has 26 heavy (non-hydrogen) atoms. The first-order valence-corrected chi connectivity index (χ1v) is 10.7. The Morgan fingerprint density at radius 2 is 1.65 bits per heavy atom. The van der Waals surface area contributed by atoms with Crippen LogP contribution in [0.5, 0.6) is 0 Å². The van der Waals surface area contributed by atoms with Gasteiger partial charge in [-0.05, 0) is 25.8 Å². The molecular formula is C18H26ClO6P. The van der Waals surface area contributed by atoms with Crippen molar-refractivity contribution in [2.24, 2.45) is 0 Å². The third-order valence-electron chi connectivity index (χ3n) is 3.45. The lowest BCUT2D eigenvalue weighted by molar-refractivity contribution is -0.150. The highest BCUT2D eigenvalue weighted by Gasteiger charge is 2.40. The predicted octanol–water partition coefficient (Wildman–Crippen LogP) is 4.86. The molecule has 1 rings (SSSR count). The minimum absolute atomic E-state index is 0.0986. The van der Waals surface area contributed by atoms with Crippen molar-refractivity contribution in [2.45, 2.75) is 51.3 Å². The molecule has 2 unspecified atom stereocenters. The fourth-order valence-corrected chi connectivity index (χ4v) is 4.24. The van der Waals surface area contributed by atoms with E-state index in [2.05, 4.69) is 0 Å². The molecule has 1 aromatic carbocycles. The fraction of sp³-hybridized carbons (Fsp3) is 0.556. The molecule has 0 fully saturated rings. The first kappa shape index (κ1) is 22.8. The zero-order chi connectivity index (χ0) is 19.6. The first-order chi connectivity index (χ1) is 12.4. The summed E-state index contributed by atoms with van der Waals surface area (Å²) >= 11 is 6.12. The monoisotopic (exact) mass is 404 g/mol. The molecule has 0 spiro atoms. The van der Waals surface area contributed by atoms with Crippen LogP contribution in [0.4, 0.5) is 0 Å². The minimum Gasteiger partial charge on any atom is -0.457 e. The maximum atomic E-state index is 12.7. The summed E-state index contributed by atoms with van der Waals surface area (Å²) in [6.45, 7) is 5.33. The molecule has 2 atom stereocenters. The maximum Gasteiger partial charge on any atom is 0.355 e. The highest BCUT2D eigenvalue weighted by molar-refractivity contribution is 7.57. The van der Waals surface area contributed by atoms with Gasteiger partial charge in [-0.15, -0.1) is 11.6 Å². The molecule has 6 nitrogen and oxygen atoms in total. The van der Waals surface area contributed by atoms with Crippen molar-refractivity contribution in [1.82, 2.24) is 0 Å². The van der Waals surface area contributed by atoms with E-state index < -0.39 is 30.6 Å². The van der Waals surface area contributed by atoms with E-state index in [1.807, 2.05) is 13.0 Å². The molecule has 146 valence electrons. The Morgan fingerprint density at radius 3 is 2.15 bits per heavy atom. The Morgan fingerprint density at radius 1 is 1.08 bits per heavy atom. The molecule has 0 amide bonds. The van der Waals surface area contributed by atoms with Crippen LogP contribution in [0, 0.1) is 0 Å². The van der Waals surface area contributed by atoms with Gasteiger partial charge >= 0.3 is 13.6 Å². The van der Waals surface area contributed by atoms with Crippen molar-refractivity contribution in [3.05, 3.63) is 35.9 Å². The van der Waals surface area contributed by atoms with Gasteiger partial charge in [0.05, 0.1) is 13.2 Å². The van der Waals surface area contributed by atoms with E-state index in [9.17, 15) is 14.2 Å². The Labute approximate surface area is 159 Å². The fourth-order valence-electron chi connectivity index (χ4n) is 2.30. The zero-order valence-electron chi connectivity index (χ0n) is 15.4. The van der Waals surface area contributed by atoms with Crippen molar-refractivity contribution in [3.63, 3.8) is 0 Å². The van der Waals surface area contributed by atoms with Crippen LogP contribution in [0.25, 0.3) is 0 Å². The summed E-state index contributed by atoms with van der Waals surface area (Å²) < 4.78 is 28.4. The Kier molecular flexibility index (Phi) is 10.1. The van der Waals surface area contributed by atoms with E-state index in [0.717, 1.165) is 0 Å². The summed E-state index contributed by atoms with van der Waals surface area (Å²) in [6, 6.07) is 8.89. The number of hydrogen-bond donors (Lipinski definition) is 0. The largest absolute Gasteiger partial charge is 0.457 e.